The van der Waals surface area contributed by atoms with Gasteiger partial charge < -0.3 is 14.1 Å². The number of nitro groups is 1. The molecule has 7 nitrogen and oxygen atoms in total. The maximum Gasteiger partial charge on any atom is 0.287 e. The molecule has 118 valence electrons. The van der Waals surface area contributed by atoms with E-state index in [1.165, 1.54) is 6.07 Å². The van der Waals surface area contributed by atoms with Crippen molar-refractivity contribution in [3.05, 3.63) is 57.5 Å². The smallest absolute Gasteiger partial charge is 0.287 e. The molecule has 1 aliphatic heterocycles. The van der Waals surface area contributed by atoms with E-state index in [4.69, 9.17) is 14.4 Å². The molecule has 1 aromatic carbocycles. The molecule has 2 aromatic rings. The van der Waals surface area contributed by atoms with Gasteiger partial charge in [0.25, 0.3) is 5.69 Å². The highest BCUT2D eigenvalue weighted by Gasteiger charge is 2.25. The minimum Gasteiger partial charge on any atom is -0.464 e. The number of hydrogen-bond donors (Lipinski definition) is 0. The molecule has 1 aromatic heterocycles. The summed E-state index contributed by atoms with van der Waals surface area (Å²) in [6.07, 6.45) is -0.196. The molecule has 2 heterocycles. The Kier molecular flexibility index (Phi) is 4.00. The van der Waals surface area contributed by atoms with E-state index in [0.717, 1.165) is 17.2 Å². The normalized spacial score (nSPS) is 17.7. The molecule has 0 N–H and O–H groups in total. The fourth-order valence-electron chi connectivity index (χ4n) is 2.65. The van der Waals surface area contributed by atoms with Crippen LogP contribution in [0, 0.1) is 28.4 Å². The molecule has 0 unspecified atom stereocenters. The van der Waals surface area contributed by atoms with E-state index in [9.17, 15) is 10.1 Å². The van der Waals surface area contributed by atoms with Crippen LogP contribution < -0.4 is 4.90 Å². The summed E-state index contributed by atoms with van der Waals surface area (Å²) in [7, 11) is 0. The Balaban J connectivity index is 1.84. The van der Waals surface area contributed by atoms with Crippen molar-refractivity contribution < 1.29 is 14.1 Å². The second kappa shape index (κ2) is 6.10. The Morgan fingerprint density at radius 1 is 1.39 bits per heavy atom. The third-order valence-corrected chi connectivity index (χ3v) is 3.81. The Morgan fingerprint density at radius 3 is 2.87 bits per heavy atom. The fraction of sp³-hybridized carbons (Fsp3) is 0.312. The van der Waals surface area contributed by atoms with Gasteiger partial charge in [-0.3, -0.25) is 10.1 Å². The van der Waals surface area contributed by atoms with E-state index in [2.05, 4.69) is 0 Å². The number of anilines is 1. The van der Waals surface area contributed by atoms with E-state index in [1.807, 2.05) is 30.0 Å². The topological polar surface area (TPSA) is 92.5 Å². The standard InChI is InChI=1S/C16H15N3O4/c1-11-2-5-15(23-11)16-10-18(6-7-22-16)13-3-4-14(19(20)21)12(8-13)9-17/h2-5,8,16H,6-7,10H2,1H3/t16-/m0/s1. The van der Waals surface area contributed by atoms with E-state index in [-0.39, 0.29) is 17.4 Å². The molecule has 0 amide bonds. The Morgan fingerprint density at radius 2 is 2.22 bits per heavy atom. The van der Waals surface area contributed by atoms with Gasteiger partial charge in [0, 0.05) is 18.3 Å². The highest BCUT2D eigenvalue weighted by Crippen LogP contribution is 2.30. The summed E-state index contributed by atoms with van der Waals surface area (Å²) < 4.78 is 11.3. The van der Waals surface area contributed by atoms with Crippen molar-refractivity contribution in [2.45, 2.75) is 13.0 Å². The predicted octanol–water partition coefficient (Wildman–Crippen LogP) is 2.95. The number of nitriles is 1. The quantitative estimate of drug-likeness (QED) is 0.639. The van der Waals surface area contributed by atoms with Crippen LogP contribution in [-0.4, -0.2) is 24.6 Å². The van der Waals surface area contributed by atoms with Crippen LogP contribution in [0.1, 0.15) is 23.2 Å². The van der Waals surface area contributed by atoms with Gasteiger partial charge in [0.2, 0.25) is 0 Å². The summed E-state index contributed by atoms with van der Waals surface area (Å²) in [4.78, 5) is 12.4. The molecule has 7 heteroatoms. The van der Waals surface area contributed by atoms with Crippen molar-refractivity contribution in [2.75, 3.05) is 24.6 Å². The van der Waals surface area contributed by atoms with Gasteiger partial charge in [-0.05, 0) is 31.2 Å². The SMILES string of the molecule is Cc1ccc([C@@H]2CN(c3ccc([N+](=O)[O-])c(C#N)c3)CCO2)o1. The van der Waals surface area contributed by atoms with Crippen LogP contribution in [0.2, 0.25) is 0 Å². The van der Waals surface area contributed by atoms with E-state index < -0.39 is 4.92 Å². The van der Waals surface area contributed by atoms with Crippen molar-refractivity contribution >= 4 is 11.4 Å². The second-order valence-electron chi connectivity index (χ2n) is 5.32. The lowest BCUT2D eigenvalue weighted by molar-refractivity contribution is -0.385. The fourth-order valence-corrected chi connectivity index (χ4v) is 2.65. The number of nitrogens with zero attached hydrogens (tertiary/aromatic N) is 3. The Bertz CT molecular complexity index is 778. The molecule has 0 saturated carbocycles. The van der Waals surface area contributed by atoms with Crippen LogP contribution >= 0.6 is 0 Å². The average Bonchev–Trinajstić information content (AvgIpc) is 3.01. The summed E-state index contributed by atoms with van der Waals surface area (Å²) in [5.41, 5.74) is 0.649. The summed E-state index contributed by atoms with van der Waals surface area (Å²) in [6, 6.07) is 10.2. The van der Waals surface area contributed by atoms with Crippen LogP contribution in [0.4, 0.5) is 11.4 Å². The number of furan rings is 1. The second-order valence-corrected chi connectivity index (χ2v) is 5.32. The number of ether oxygens (including phenoxy) is 1. The van der Waals surface area contributed by atoms with Crippen LogP contribution in [0.3, 0.4) is 0 Å². The van der Waals surface area contributed by atoms with Crippen molar-refractivity contribution in [3.8, 4) is 6.07 Å². The largest absolute Gasteiger partial charge is 0.464 e. The Labute approximate surface area is 132 Å². The van der Waals surface area contributed by atoms with Gasteiger partial charge >= 0.3 is 0 Å². The first kappa shape index (κ1) is 15.1. The molecule has 23 heavy (non-hydrogen) atoms. The molecular formula is C16H15N3O4. The summed E-state index contributed by atoms with van der Waals surface area (Å²) >= 11 is 0. The Hall–Kier alpha value is -2.85. The summed E-state index contributed by atoms with van der Waals surface area (Å²) in [5, 5.41) is 20.0. The highest BCUT2D eigenvalue weighted by molar-refractivity contribution is 5.60. The number of nitro benzene ring substituents is 1. The predicted molar refractivity (Wildman–Crippen MR) is 82.2 cm³/mol. The summed E-state index contributed by atoms with van der Waals surface area (Å²) in [6.45, 7) is 3.61. The molecule has 0 bridgehead atoms. The molecule has 0 spiro atoms. The lowest BCUT2D eigenvalue weighted by Crippen LogP contribution is -2.38. The van der Waals surface area contributed by atoms with Crippen LogP contribution in [0.25, 0.3) is 0 Å². The minimum atomic E-state index is -0.546. The maximum atomic E-state index is 10.9. The van der Waals surface area contributed by atoms with E-state index >= 15 is 0 Å². The van der Waals surface area contributed by atoms with Gasteiger partial charge in [-0.15, -0.1) is 0 Å². The number of benzene rings is 1. The minimum absolute atomic E-state index is 0.0596. The molecule has 3 rings (SSSR count). The first-order valence-electron chi connectivity index (χ1n) is 7.20. The molecule has 1 atom stereocenters. The van der Waals surface area contributed by atoms with Gasteiger partial charge in [0.1, 0.15) is 29.3 Å². The number of aryl methyl sites for hydroxylation is 1. The number of hydrogen-bond acceptors (Lipinski definition) is 6. The lowest BCUT2D eigenvalue weighted by Gasteiger charge is -2.33. The van der Waals surface area contributed by atoms with Gasteiger partial charge in [0.05, 0.1) is 18.1 Å². The zero-order chi connectivity index (χ0) is 16.4. The number of rotatable bonds is 3. The zero-order valence-corrected chi connectivity index (χ0v) is 12.6. The zero-order valence-electron chi connectivity index (χ0n) is 12.6. The van der Waals surface area contributed by atoms with Gasteiger partial charge in [-0.25, -0.2) is 0 Å². The van der Waals surface area contributed by atoms with Crippen LogP contribution in [0.15, 0.2) is 34.7 Å². The highest BCUT2D eigenvalue weighted by atomic mass is 16.6. The van der Waals surface area contributed by atoms with Crippen molar-refractivity contribution in [1.29, 1.82) is 5.26 Å². The lowest BCUT2D eigenvalue weighted by atomic mass is 10.1. The van der Waals surface area contributed by atoms with Gasteiger partial charge in [-0.1, -0.05) is 0 Å². The molecule has 1 aliphatic rings. The van der Waals surface area contributed by atoms with Crippen molar-refractivity contribution in [2.24, 2.45) is 0 Å². The van der Waals surface area contributed by atoms with Crippen LogP contribution in [-0.2, 0) is 4.74 Å². The molecule has 0 aliphatic carbocycles. The number of morpholine rings is 1. The monoisotopic (exact) mass is 313 g/mol. The van der Waals surface area contributed by atoms with Crippen LogP contribution in [0.5, 0.6) is 0 Å². The van der Waals surface area contributed by atoms with Crippen molar-refractivity contribution in [1.82, 2.24) is 0 Å². The van der Waals surface area contributed by atoms with E-state index in [0.29, 0.717) is 19.7 Å². The summed E-state index contributed by atoms with van der Waals surface area (Å²) in [5.74, 6) is 1.58. The third-order valence-electron chi connectivity index (χ3n) is 3.81. The van der Waals surface area contributed by atoms with Gasteiger partial charge in [0.15, 0.2) is 0 Å². The molecule has 1 saturated heterocycles. The molecule has 1 fully saturated rings. The molecular weight excluding hydrogens is 298 g/mol. The first-order valence-corrected chi connectivity index (χ1v) is 7.20. The average molecular weight is 313 g/mol. The van der Waals surface area contributed by atoms with Gasteiger partial charge in [-0.2, -0.15) is 5.26 Å². The molecule has 0 radical (unpaired) electrons. The van der Waals surface area contributed by atoms with E-state index in [1.54, 1.807) is 12.1 Å². The first-order chi connectivity index (χ1) is 11.1. The van der Waals surface area contributed by atoms with Crippen molar-refractivity contribution in [3.63, 3.8) is 0 Å². The third kappa shape index (κ3) is 3.03. The maximum absolute atomic E-state index is 10.9.